The number of hydrogen-bond donors (Lipinski definition) is 3. The van der Waals surface area contributed by atoms with Gasteiger partial charge < -0.3 is 20.5 Å². The van der Waals surface area contributed by atoms with E-state index >= 15 is 0 Å². The SMILES string of the molecule is CCCCCCCCCOc1ccc(NC(=O)CCCNC(=O)O)cc1C(F)(F)F. The molecule has 0 aromatic heterocycles. The van der Waals surface area contributed by atoms with E-state index in [1.807, 2.05) is 0 Å². The Bertz CT molecular complexity index is 666. The molecule has 0 saturated carbocycles. The number of nitrogens with one attached hydrogen (secondary N) is 2. The lowest BCUT2D eigenvalue weighted by Crippen LogP contribution is -2.23. The molecule has 1 aromatic rings. The quantitative estimate of drug-likeness (QED) is 0.323. The van der Waals surface area contributed by atoms with Crippen LogP contribution in [0.4, 0.5) is 23.7 Å². The molecule has 0 spiro atoms. The zero-order valence-electron chi connectivity index (χ0n) is 17.3. The number of rotatable bonds is 14. The van der Waals surface area contributed by atoms with E-state index < -0.39 is 23.7 Å². The molecular weight excluding hydrogens is 401 g/mol. The van der Waals surface area contributed by atoms with Crippen molar-refractivity contribution in [2.45, 2.75) is 70.9 Å². The average Bonchev–Trinajstić information content (AvgIpc) is 2.67. The molecule has 0 aliphatic carbocycles. The van der Waals surface area contributed by atoms with E-state index in [2.05, 4.69) is 17.6 Å². The molecule has 9 heteroatoms. The van der Waals surface area contributed by atoms with Crippen molar-refractivity contribution in [3.8, 4) is 5.75 Å². The summed E-state index contributed by atoms with van der Waals surface area (Å²) in [4.78, 5) is 22.2. The number of carboxylic acid groups (broad SMARTS) is 1. The fourth-order valence-corrected chi connectivity index (χ4v) is 2.86. The molecule has 0 aliphatic heterocycles. The smallest absolute Gasteiger partial charge is 0.420 e. The van der Waals surface area contributed by atoms with Gasteiger partial charge in [-0.05, 0) is 31.0 Å². The van der Waals surface area contributed by atoms with Crippen LogP contribution in [0.1, 0.15) is 70.3 Å². The maximum absolute atomic E-state index is 13.4. The van der Waals surface area contributed by atoms with Gasteiger partial charge in [-0.3, -0.25) is 4.79 Å². The minimum atomic E-state index is -4.61. The normalized spacial score (nSPS) is 11.2. The Hall–Kier alpha value is -2.45. The molecule has 2 amide bonds. The molecular formula is C21H31F3N2O4. The molecule has 0 heterocycles. The summed E-state index contributed by atoms with van der Waals surface area (Å²) >= 11 is 0. The lowest BCUT2D eigenvalue weighted by molar-refractivity contribution is -0.139. The van der Waals surface area contributed by atoms with Gasteiger partial charge in [0.15, 0.2) is 0 Å². The van der Waals surface area contributed by atoms with E-state index in [4.69, 9.17) is 9.84 Å². The van der Waals surface area contributed by atoms with Crippen molar-refractivity contribution in [3.63, 3.8) is 0 Å². The third-order valence-corrected chi connectivity index (χ3v) is 4.43. The lowest BCUT2D eigenvalue weighted by atomic mass is 10.1. The van der Waals surface area contributed by atoms with E-state index in [-0.39, 0.29) is 37.4 Å². The Balaban J connectivity index is 2.54. The Morgan fingerprint density at radius 2 is 1.70 bits per heavy atom. The van der Waals surface area contributed by atoms with Gasteiger partial charge in [-0.2, -0.15) is 13.2 Å². The average molecular weight is 432 g/mol. The summed E-state index contributed by atoms with van der Waals surface area (Å²) < 4.78 is 45.5. The topological polar surface area (TPSA) is 87.7 Å². The van der Waals surface area contributed by atoms with Crippen LogP contribution in [-0.2, 0) is 11.0 Å². The van der Waals surface area contributed by atoms with Crippen LogP contribution in [0.5, 0.6) is 5.75 Å². The first-order chi connectivity index (χ1) is 14.2. The molecule has 170 valence electrons. The summed E-state index contributed by atoms with van der Waals surface area (Å²) in [7, 11) is 0. The number of amides is 2. The van der Waals surface area contributed by atoms with Crippen molar-refractivity contribution in [2.24, 2.45) is 0 Å². The molecule has 0 radical (unpaired) electrons. The number of unbranched alkanes of at least 4 members (excludes halogenated alkanes) is 6. The second-order valence-electron chi connectivity index (χ2n) is 7.06. The first kappa shape index (κ1) is 25.6. The predicted molar refractivity (Wildman–Crippen MR) is 109 cm³/mol. The minimum absolute atomic E-state index is 0.0155. The van der Waals surface area contributed by atoms with Gasteiger partial charge in [-0.25, -0.2) is 4.79 Å². The highest BCUT2D eigenvalue weighted by atomic mass is 19.4. The van der Waals surface area contributed by atoms with Crippen LogP contribution in [0.25, 0.3) is 0 Å². The number of alkyl halides is 3. The lowest BCUT2D eigenvalue weighted by Gasteiger charge is -2.16. The van der Waals surface area contributed by atoms with Crippen LogP contribution in [0.3, 0.4) is 0 Å². The first-order valence-electron chi connectivity index (χ1n) is 10.3. The second kappa shape index (κ2) is 13.7. The predicted octanol–water partition coefficient (Wildman–Crippen LogP) is 5.82. The third kappa shape index (κ3) is 10.9. The Morgan fingerprint density at radius 3 is 2.33 bits per heavy atom. The van der Waals surface area contributed by atoms with Crippen LogP contribution >= 0.6 is 0 Å². The van der Waals surface area contributed by atoms with E-state index in [0.29, 0.717) is 6.42 Å². The molecule has 0 unspecified atom stereocenters. The highest BCUT2D eigenvalue weighted by molar-refractivity contribution is 5.90. The molecule has 30 heavy (non-hydrogen) atoms. The second-order valence-corrected chi connectivity index (χ2v) is 7.06. The summed E-state index contributed by atoms with van der Waals surface area (Å²) in [5.74, 6) is -0.746. The van der Waals surface area contributed by atoms with E-state index in [1.54, 1.807) is 0 Å². The summed E-state index contributed by atoms with van der Waals surface area (Å²) in [6, 6.07) is 3.43. The molecule has 1 aromatic carbocycles. The number of halogens is 3. The largest absolute Gasteiger partial charge is 0.493 e. The Labute approximate surface area is 175 Å². The Kier molecular flexibility index (Phi) is 11.7. The Morgan fingerprint density at radius 1 is 1.03 bits per heavy atom. The van der Waals surface area contributed by atoms with Gasteiger partial charge in [-0.1, -0.05) is 45.4 Å². The van der Waals surface area contributed by atoms with Crippen molar-refractivity contribution in [3.05, 3.63) is 23.8 Å². The zero-order chi connectivity index (χ0) is 22.4. The number of benzene rings is 1. The van der Waals surface area contributed by atoms with Crippen molar-refractivity contribution in [1.29, 1.82) is 0 Å². The van der Waals surface area contributed by atoms with Crippen LogP contribution in [0.15, 0.2) is 18.2 Å². The summed E-state index contributed by atoms with van der Waals surface area (Å²) in [5, 5.41) is 13.0. The van der Waals surface area contributed by atoms with Gasteiger partial charge in [0, 0.05) is 18.7 Å². The van der Waals surface area contributed by atoms with Crippen LogP contribution in [-0.4, -0.2) is 30.3 Å². The van der Waals surface area contributed by atoms with Gasteiger partial charge in [-0.15, -0.1) is 0 Å². The van der Waals surface area contributed by atoms with Crippen LogP contribution in [0, 0.1) is 0 Å². The van der Waals surface area contributed by atoms with Gasteiger partial charge in [0.05, 0.1) is 12.2 Å². The number of anilines is 1. The first-order valence-corrected chi connectivity index (χ1v) is 10.3. The summed E-state index contributed by atoms with van der Waals surface area (Å²) in [6.45, 7) is 2.43. The highest BCUT2D eigenvalue weighted by Crippen LogP contribution is 2.38. The molecule has 3 N–H and O–H groups in total. The van der Waals surface area contributed by atoms with Crippen molar-refractivity contribution >= 4 is 17.7 Å². The maximum Gasteiger partial charge on any atom is 0.420 e. The van der Waals surface area contributed by atoms with Gasteiger partial charge in [0.1, 0.15) is 5.75 Å². The van der Waals surface area contributed by atoms with Crippen molar-refractivity contribution in [1.82, 2.24) is 5.32 Å². The molecule has 0 fully saturated rings. The fraction of sp³-hybridized carbons (Fsp3) is 0.619. The van der Waals surface area contributed by atoms with Crippen molar-refractivity contribution in [2.75, 3.05) is 18.5 Å². The molecule has 0 aliphatic rings. The standard InChI is InChI=1S/C21H31F3N2O4/c1-2-3-4-5-6-7-8-14-30-18-12-11-16(15-17(18)21(22,23)24)26-19(27)10-9-13-25-20(28)29/h11-12,15,25H,2-10,13-14H2,1H3,(H,26,27)(H,28,29). The number of ether oxygens (including phenoxy) is 1. The highest BCUT2D eigenvalue weighted by Gasteiger charge is 2.34. The molecule has 0 atom stereocenters. The van der Waals surface area contributed by atoms with Crippen LogP contribution in [0.2, 0.25) is 0 Å². The van der Waals surface area contributed by atoms with Crippen LogP contribution < -0.4 is 15.4 Å². The minimum Gasteiger partial charge on any atom is -0.493 e. The van der Waals surface area contributed by atoms with Crippen molar-refractivity contribution < 1.29 is 32.6 Å². The van der Waals surface area contributed by atoms with E-state index in [0.717, 1.165) is 25.3 Å². The number of carbonyl (C=O) groups is 2. The van der Waals surface area contributed by atoms with Gasteiger partial charge in [0.25, 0.3) is 0 Å². The summed E-state index contributed by atoms with van der Waals surface area (Å²) in [6.07, 6.45) is 1.74. The fourth-order valence-electron chi connectivity index (χ4n) is 2.86. The molecule has 1 rings (SSSR count). The molecule has 0 saturated heterocycles. The summed E-state index contributed by atoms with van der Waals surface area (Å²) in [5.41, 5.74) is -0.919. The molecule has 0 bridgehead atoms. The number of hydrogen-bond acceptors (Lipinski definition) is 3. The van der Waals surface area contributed by atoms with E-state index in [1.165, 1.54) is 31.4 Å². The monoisotopic (exact) mass is 432 g/mol. The molecule has 6 nitrogen and oxygen atoms in total. The zero-order valence-corrected chi connectivity index (χ0v) is 17.3. The number of carbonyl (C=O) groups excluding carboxylic acids is 1. The van der Waals surface area contributed by atoms with Gasteiger partial charge >= 0.3 is 12.3 Å². The third-order valence-electron chi connectivity index (χ3n) is 4.43. The van der Waals surface area contributed by atoms with E-state index in [9.17, 15) is 22.8 Å². The maximum atomic E-state index is 13.4. The van der Waals surface area contributed by atoms with Gasteiger partial charge in [0.2, 0.25) is 5.91 Å².